The standard InChI is InChI=1S/C15H30N2O3/c1-15(2,3)11-16-13-8-12(6-5-7-18)9-17(10-13)14(19)20-4/h12-13,16,18H,5-11H2,1-4H3. The molecule has 1 saturated heterocycles. The highest BCUT2D eigenvalue weighted by Crippen LogP contribution is 2.23. The lowest BCUT2D eigenvalue weighted by molar-refractivity contribution is 0.0858. The van der Waals surface area contributed by atoms with Gasteiger partial charge < -0.3 is 20.1 Å². The van der Waals surface area contributed by atoms with Crippen molar-refractivity contribution in [2.24, 2.45) is 11.3 Å². The summed E-state index contributed by atoms with van der Waals surface area (Å²) in [6.07, 6.45) is 2.56. The summed E-state index contributed by atoms with van der Waals surface area (Å²) >= 11 is 0. The van der Waals surface area contributed by atoms with E-state index in [1.54, 1.807) is 4.90 Å². The van der Waals surface area contributed by atoms with E-state index in [0.29, 0.717) is 18.5 Å². The maximum absolute atomic E-state index is 11.8. The molecule has 2 N–H and O–H groups in total. The van der Waals surface area contributed by atoms with Gasteiger partial charge in [-0.05, 0) is 30.6 Å². The average molecular weight is 286 g/mol. The van der Waals surface area contributed by atoms with Crippen LogP contribution in [0.25, 0.3) is 0 Å². The summed E-state index contributed by atoms with van der Waals surface area (Å²) in [7, 11) is 1.43. The van der Waals surface area contributed by atoms with E-state index >= 15 is 0 Å². The number of ether oxygens (including phenoxy) is 1. The van der Waals surface area contributed by atoms with Gasteiger partial charge in [0.1, 0.15) is 0 Å². The van der Waals surface area contributed by atoms with Gasteiger partial charge in [0.15, 0.2) is 0 Å². The van der Waals surface area contributed by atoms with Crippen LogP contribution in [-0.4, -0.2) is 55.5 Å². The topological polar surface area (TPSA) is 61.8 Å². The molecule has 0 aromatic rings. The first kappa shape index (κ1) is 17.2. The van der Waals surface area contributed by atoms with Gasteiger partial charge in [0.05, 0.1) is 7.11 Å². The molecule has 0 radical (unpaired) electrons. The molecule has 1 heterocycles. The highest BCUT2D eigenvalue weighted by molar-refractivity contribution is 5.67. The molecular formula is C15H30N2O3. The van der Waals surface area contributed by atoms with Gasteiger partial charge in [-0.2, -0.15) is 0 Å². The van der Waals surface area contributed by atoms with Crippen molar-refractivity contribution in [1.82, 2.24) is 10.2 Å². The van der Waals surface area contributed by atoms with Gasteiger partial charge in [0, 0.05) is 32.3 Å². The van der Waals surface area contributed by atoms with Crippen molar-refractivity contribution in [3.63, 3.8) is 0 Å². The first-order valence-corrected chi connectivity index (χ1v) is 7.53. The molecule has 5 nitrogen and oxygen atoms in total. The summed E-state index contributed by atoms with van der Waals surface area (Å²) < 4.78 is 4.85. The maximum atomic E-state index is 11.8. The molecule has 118 valence electrons. The lowest BCUT2D eigenvalue weighted by atomic mass is 9.89. The normalized spacial score (nSPS) is 23.8. The molecule has 2 atom stereocenters. The van der Waals surface area contributed by atoms with E-state index in [2.05, 4.69) is 26.1 Å². The Morgan fingerprint density at radius 2 is 2.10 bits per heavy atom. The number of hydrogen-bond acceptors (Lipinski definition) is 4. The molecule has 0 aromatic carbocycles. The number of methoxy groups -OCH3 is 1. The predicted molar refractivity (Wildman–Crippen MR) is 79.7 cm³/mol. The first-order valence-electron chi connectivity index (χ1n) is 7.53. The molecule has 1 aliphatic heterocycles. The molecule has 0 bridgehead atoms. The highest BCUT2D eigenvalue weighted by atomic mass is 16.5. The Hall–Kier alpha value is -0.810. The molecule has 1 amide bonds. The van der Waals surface area contributed by atoms with E-state index in [1.807, 2.05) is 0 Å². The van der Waals surface area contributed by atoms with Crippen molar-refractivity contribution < 1.29 is 14.6 Å². The molecule has 0 aromatic heterocycles. The second kappa shape index (κ2) is 7.84. The van der Waals surface area contributed by atoms with Crippen molar-refractivity contribution in [3.05, 3.63) is 0 Å². The molecule has 5 heteroatoms. The minimum Gasteiger partial charge on any atom is -0.453 e. The zero-order valence-corrected chi connectivity index (χ0v) is 13.3. The summed E-state index contributed by atoms with van der Waals surface area (Å²) in [5, 5.41) is 12.5. The third kappa shape index (κ3) is 6.09. The van der Waals surface area contributed by atoms with Crippen molar-refractivity contribution in [2.45, 2.75) is 46.1 Å². The molecule has 0 saturated carbocycles. The minimum absolute atomic E-state index is 0.217. The van der Waals surface area contributed by atoms with Gasteiger partial charge in [0.25, 0.3) is 0 Å². The smallest absolute Gasteiger partial charge is 0.409 e. The Morgan fingerprint density at radius 3 is 2.65 bits per heavy atom. The number of rotatable bonds is 5. The van der Waals surface area contributed by atoms with E-state index in [1.165, 1.54) is 7.11 Å². The van der Waals surface area contributed by atoms with Crippen LogP contribution in [0.2, 0.25) is 0 Å². The van der Waals surface area contributed by atoms with E-state index in [9.17, 15) is 4.79 Å². The van der Waals surface area contributed by atoms with Gasteiger partial charge in [-0.15, -0.1) is 0 Å². The third-order valence-corrected chi connectivity index (χ3v) is 3.66. The SMILES string of the molecule is COC(=O)N1CC(CCCO)CC(NCC(C)(C)C)C1. The van der Waals surface area contributed by atoms with Crippen LogP contribution in [0.15, 0.2) is 0 Å². The largest absolute Gasteiger partial charge is 0.453 e. The van der Waals surface area contributed by atoms with Crippen LogP contribution in [-0.2, 0) is 4.74 Å². The number of likely N-dealkylation sites (tertiary alicyclic amines) is 1. The Morgan fingerprint density at radius 1 is 1.40 bits per heavy atom. The van der Waals surface area contributed by atoms with E-state index < -0.39 is 0 Å². The number of nitrogens with zero attached hydrogens (tertiary/aromatic N) is 1. The Bertz CT molecular complexity index is 302. The summed E-state index contributed by atoms with van der Waals surface area (Å²) in [6.45, 7) is 9.19. The third-order valence-electron chi connectivity index (χ3n) is 3.66. The molecule has 0 spiro atoms. The Balaban J connectivity index is 2.57. The van der Waals surface area contributed by atoms with E-state index in [-0.39, 0.29) is 18.1 Å². The first-order chi connectivity index (χ1) is 9.35. The molecule has 1 aliphatic rings. The Kier molecular flexibility index (Phi) is 6.76. The van der Waals surface area contributed by atoms with Crippen molar-refractivity contribution in [2.75, 3.05) is 33.4 Å². The quantitative estimate of drug-likeness (QED) is 0.810. The van der Waals surface area contributed by atoms with Gasteiger partial charge >= 0.3 is 6.09 Å². The fraction of sp³-hybridized carbons (Fsp3) is 0.933. The summed E-state index contributed by atoms with van der Waals surface area (Å²) in [5.74, 6) is 0.437. The molecule has 1 rings (SSSR count). The number of carbonyl (C=O) groups is 1. The summed E-state index contributed by atoms with van der Waals surface area (Å²) in [5.41, 5.74) is 0.230. The maximum Gasteiger partial charge on any atom is 0.409 e. The second-order valence-electron chi connectivity index (χ2n) is 6.98. The highest BCUT2D eigenvalue weighted by Gasteiger charge is 2.30. The number of aliphatic hydroxyl groups excluding tert-OH is 1. The molecule has 20 heavy (non-hydrogen) atoms. The number of aliphatic hydroxyl groups is 1. The second-order valence-corrected chi connectivity index (χ2v) is 6.98. The fourth-order valence-electron chi connectivity index (χ4n) is 2.67. The molecular weight excluding hydrogens is 256 g/mol. The van der Waals surface area contributed by atoms with Crippen molar-refractivity contribution in [1.29, 1.82) is 0 Å². The van der Waals surface area contributed by atoms with Gasteiger partial charge in [-0.3, -0.25) is 0 Å². The predicted octanol–water partition coefficient (Wildman–Crippen LogP) is 1.85. The van der Waals surface area contributed by atoms with Crippen LogP contribution >= 0.6 is 0 Å². The van der Waals surface area contributed by atoms with Crippen LogP contribution < -0.4 is 5.32 Å². The summed E-state index contributed by atoms with van der Waals surface area (Å²) in [4.78, 5) is 13.5. The zero-order chi connectivity index (χ0) is 15.2. The average Bonchev–Trinajstić information content (AvgIpc) is 2.41. The summed E-state index contributed by atoms with van der Waals surface area (Å²) in [6, 6.07) is 0.311. The van der Waals surface area contributed by atoms with Gasteiger partial charge in [-0.1, -0.05) is 20.8 Å². The number of hydrogen-bond donors (Lipinski definition) is 2. The zero-order valence-electron chi connectivity index (χ0n) is 13.3. The van der Waals surface area contributed by atoms with Gasteiger partial charge in [0.2, 0.25) is 0 Å². The number of piperidine rings is 1. The molecule has 0 aliphatic carbocycles. The molecule has 1 fully saturated rings. The van der Waals surface area contributed by atoms with Crippen LogP contribution in [0.1, 0.15) is 40.0 Å². The number of carbonyl (C=O) groups excluding carboxylic acids is 1. The minimum atomic E-state index is -0.249. The lowest BCUT2D eigenvalue weighted by Crippen LogP contribution is -2.52. The van der Waals surface area contributed by atoms with Crippen LogP contribution in [0.5, 0.6) is 0 Å². The number of nitrogens with one attached hydrogen (secondary N) is 1. The van der Waals surface area contributed by atoms with Crippen LogP contribution in [0, 0.1) is 11.3 Å². The fourth-order valence-corrected chi connectivity index (χ4v) is 2.67. The van der Waals surface area contributed by atoms with Crippen LogP contribution in [0.4, 0.5) is 4.79 Å². The van der Waals surface area contributed by atoms with Crippen molar-refractivity contribution in [3.8, 4) is 0 Å². The lowest BCUT2D eigenvalue weighted by Gasteiger charge is -2.38. The van der Waals surface area contributed by atoms with Crippen molar-refractivity contribution >= 4 is 6.09 Å². The van der Waals surface area contributed by atoms with E-state index in [0.717, 1.165) is 32.4 Å². The van der Waals surface area contributed by atoms with Gasteiger partial charge in [-0.25, -0.2) is 4.79 Å². The monoisotopic (exact) mass is 286 g/mol. The van der Waals surface area contributed by atoms with Crippen LogP contribution in [0.3, 0.4) is 0 Å². The van der Waals surface area contributed by atoms with E-state index in [4.69, 9.17) is 9.84 Å². The number of amides is 1. The Labute approximate surface area is 122 Å². The molecule has 2 unspecified atom stereocenters.